The molecule has 0 bridgehead atoms. The molecule has 0 unspecified atom stereocenters. The number of hydrogen-bond donors (Lipinski definition) is 1. The van der Waals surface area contributed by atoms with E-state index < -0.39 is 0 Å². The van der Waals surface area contributed by atoms with Crippen LogP contribution < -0.4 is 14.7 Å². The van der Waals surface area contributed by atoms with Gasteiger partial charge in [-0.2, -0.15) is 0 Å². The standard InChI is InChI=1S/C19H22N4O3/c1-20(16-5-3-2-4-6-16)19(24)15-21-11-13-22(14-12-21)17-7-9-18(10-8-17)23(25)26/h2-10H,11-15H2,1H3/p+1. The van der Waals surface area contributed by atoms with Gasteiger partial charge in [-0.15, -0.1) is 0 Å². The zero-order valence-electron chi connectivity index (χ0n) is 14.8. The van der Waals surface area contributed by atoms with Crippen molar-refractivity contribution in [3.63, 3.8) is 0 Å². The van der Waals surface area contributed by atoms with Crippen LogP contribution in [0.25, 0.3) is 0 Å². The van der Waals surface area contributed by atoms with Gasteiger partial charge in [-0.3, -0.25) is 14.9 Å². The topological polar surface area (TPSA) is 71.1 Å². The fourth-order valence-electron chi connectivity index (χ4n) is 3.17. The van der Waals surface area contributed by atoms with Gasteiger partial charge in [0.1, 0.15) is 0 Å². The van der Waals surface area contributed by atoms with E-state index in [1.807, 2.05) is 37.4 Å². The molecule has 26 heavy (non-hydrogen) atoms. The first-order chi connectivity index (χ1) is 12.5. The Morgan fingerprint density at radius 1 is 1.12 bits per heavy atom. The first-order valence-electron chi connectivity index (χ1n) is 8.69. The van der Waals surface area contributed by atoms with Crippen LogP contribution in [0.2, 0.25) is 0 Å². The SMILES string of the molecule is CN(C(=O)C[NH+]1CCN(c2ccc([N+](=O)[O-])cc2)CC1)c1ccccc1. The molecule has 7 nitrogen and oxygen atoms in total. The molecule has 1 heterocycles. The molecule has 1 aliphatic heterocycles. The number of non-ortho nitro benzene ring substituents is 1. The molecule has 0 saturated carbocycles. The van der Waals surface area contributed by atoms with Crippen LogP contribution >= 0.6 is 0 Å². The molecule has 1 aliphatic rings. The summed E-state index contributed by atoms with van der Waals surface area (Å²) in [6.07, 6.45) is 0. The van der Waals surface area contributed by atoms with Crippen molar-refractivity contribution in [2.45, 2.75) is 0 Å². The summed E-state index contributed by atoms with van der Waals surface area (Å²) in [7, 11) is 1.81. The fraction of sp³-hybridized carbons (Fsp3) is 0.316. The third-order valence-corrected chi connectivity index (χ3v) is 4.82. The summed E-state index contributed by atoms with van der Waals surface area (Å²) in [4.78, 5) is 28.0. The van der Waals surface area contributed by atoms with Gasteiger partial charge in [0.25, 0.3) is 11.6 Å². The Bertz CT molecular complexity index is 756. The highest BCUT2D eigenvalue weighted by Gasteiger charge is 2.24. The van der Waals surface area contributed by atoms with Crippen molar-refractivity contribution < 1.29 is 14.6 Å². The van der Waals surface area contributed by atoms with Crippen LogP contribution in [0, 0.1) is 10.1 Å². The van der Waals surface area contributed by atoms with Gasteiger partial charge in [0, 0.05) is 30.6 Å². The molecule has 2 aromatic carbocycles. The number of benzene rings is 2. The Morgan fingerprint density at radius 3 is 2.31 bits per heavy atom. The van der Waals surface area contributed by atoms with Crippen LogP contribution in [0.3, 0.4) is 0 Å². The van der Waals surface area contributed by atoms with Gasteiger partial charge in [0.2, 0.25) is 0 Å². The minimum Gasteiger partial charge on any atom is -0.360 e. The Balaban J connectivity index is 1.52. The van der Waals surface area contributed by atoms with Crippen LogP contribution in [0.15, 0.2) is 54.6 Å². The molecule has 136 valence electrons. The molecule has 1 saturated heterocycles. The van der Waals surface area contributed by atoms with Crippen molar-refractivity contribution in [3.8, 4) is 0 Å². The third kappa shape index (κ3) is 4.18. The molecule has 0 aromatic heterocycles. The predicted molar refractivity (Wildman–Crippen MR) is 101 cm³/mol. The molecule has 0 aliphatic carbocycles. The van der Waals surface area contributed by atoms with Gasteiger partial charge in [-0.05, 0) is 24.3 Å². The van der Waals surface area contributed by atoms with Crippen molar-refractivity contribution >= 4 is 23.0 Å². The smallest absolute Gasteiger partial charge is 0.281 e. The number of likely N-dealkylation sites (N-methyl/N-ethyl adjacent to an activating group) is 1. The highest BCUT2D eigenvalue weighted by molar-refractivity contribution is 5.93. The lowest BCUT2D eigenvalue weighted by molar-refractivity contribution is -0.892. The van der Waals surface area contributed by atoms with Crippen LogP contribution in [0.4, 0.5) is 17.1 Å². The summed E-state index contributed by atoms with van der Waals surface area (Å²) in [5, 5.41) is 10.7. The number of hydrogen-bond acceptors (Lipinski definition) is 4. The molecule has 2 aromatic rings. The van der Waals surface area contributed by atoms with Crippen molar-refractivity contribution in [1.29, 1.82) is 0 Å². The number of rotatable bonds is 5. The summed E-state index contributed by atoms with van der Waals surface area (Å²) in [6, 6.07) is 16.3. The summed E-state index contributed by atoms with van der Waals surface area (Å²) in [6.45, 7) is 3.86. The number of piperazine rings is 1. The molecule has 0 radical (unpaired) electrons. The summed E-state index contributed by atoms with van der Waals surface area (Å²) in [5.74, 6) is 0.106. The Morgan fingerprint density at radius 2 is 1.73 bits per heavy atom. The number of quaternary nitrogens is 1. The Kier molecular flexibility index (Phi) is 5.48. The highest BCUT2D eigenvalue weighted by atomic mass is 16.6. The number of amides is 1. The van der Waals surface area contributed by atoms with E-state index >= 15 is 0 Å². The normalized spacial score (nSPS) is 14.9. The minimum absolute atomic E-state index is 0.104. The monoisotopic (exact) mass is 355 g/mol. The van der Waals surface area contributed by atoms with E-state index in [1.165, 1.54) is 17.0 Å². The average molecular weight is 355 g/mol. The first-order valence-corrected chi connectivity index (χ1v) is 8.69. The number of anilines is 2. The lowest BCUT2D eigenvalue weighted by Crippen LogP contribution is -3.16. The number of carbonyl (C=O) groups is 1. The average Bonchev–Trinajstić information content (AvgIpc) is 2.68. The lowest BCUT2D eigenvalue weighted by Gasteiger charge is -2.33. The molecular weight excluding hydrogens is 332 g/mol. The second-order valence-electron chi connectivity index (χ2n) is 6.48. The molecule has 7 heteroatoms. The van der Waals surface area contributed by atoms with E-state index in [9.17, 15) is 14.9 Å². The van der Waals surface area contributed by atoms with Crippen LogP contribution in [-0.2, 0) is 4.79 Å². The van der Waals surface area contributed by atoms with Crippen molar-refractivity contribution in [2.24, 2.45) is 0 Å². The zero-order chi connectivity index (χ0) is 18.5. The Hall–Kier alpha value is -2.93. The summed E-state index contributed by atoms with van der Waals surface area (Å²) in [5.41, 5.74) is 2.00. The van der Waals surface area contributed by atoms with Crippen molar-refractivity contribution in [3.05, 3.63) is 64.7 Å². The molecule has 0 spiro atoms. The zero-order valence-corrected chi connectivity index (χ0v) is 14.8. The van der Waals surface area contributed by atoms with Crippen LogP contribution in [0.5, 0.6) is 0 Å². The quantitative estimate of drug-likeness (QED) is 0.641. The molecule has 0 atom stereocenters. The fourth-order valence-corrected chi connectivity index (χ4v) is 3.17. The third-order valence-electron chi connectivity index (χ3n) is 4.82. The molecular formula is C19H23N4O3+. The summed E-state index contributed by atoms with van der Waals surface area (Å²) < 4.78 is 0. The van der Waals surface area contributed by atoms with Gasteiger partial charge in [-0.25, -0.2) is 0 Å². The molecule has 1 N–H and O–H groups in total. The summed E-state index contributed by atoms with van der Waals surface area (Å²) >= 11 is 0. The Labute approximate surface area is 152 Å². The van der Waals surface area contributed by atoms with Gasteiger partial charge in [0.05, 0.1) is 31.1 Å². The van der Waals surface area contributed by atoms with Crippen molar-refractivity contribution in [1.82, 2.24) is 0 Å². The van der Waals surface area contributed by atoms with E-state index in [1.54, 1.807) is 17.0 Å². The van der Waals surface area contributed by atoms with Gasteiger partial charge in [-0.1, -0.05) is 18.2 Å². The largest absolute Gasteiger partial charge is 0.360 e. The number of nitrogens with zero attached hydrogens (tertiary/aromatic N) is 3. The number of carbonyl (C=O) groups excluding carboxylic acids is 1. The van der Waals surface area contributed by atoms with E-state index in [0.717, 1.165) is 37.6 Å². The van der Waals surface area contributed by atoms with Gasteiger partial charge < -0.3 is 14.7 Å². The van der Waals surface area contributed by atoms with Gasteiger partial charge in [0.15, 0.2) is 6.54 Å². The van der Waals surface area contributed by atoms with E-state index in [2.05, 4.69) is 4.90 Å². The van der Waals surface area contributed by atoms with E-state index in [-0.39, 0.29) is 16.5 Å². The second kappa shape index (κ2) is 7.97. The number of para-hydroxylation sites is 1. The second-order valence-corrected chi connectivity index (χ2v) is 6.48. The number of nitro groups is 1. The molecule has 1 fully saturated rings. The van der Waals surface area contributed by atoms with E-state index in [4.69, 9.17) is 0 Å². The van der Waals surface area contributed by atoms with E-state index in [0.29, 0.717) is 6.54 Å². The van der Waals surface area contributed by atoms with Gasteiger partial charge >= 0.3 is 0 Å². The number of nitrogens with one attached hydrogen (secondary N) is 1. The van der Waals surface area contributed by atoms with Crippen LogP contribution in [-0.4, -0.2) is 50.6 Å². The van der Waals surface area contributed by atoms with Crippen molar-refractivity contribution in [2.75, 3.05) is 49.6 Å². The lowest BCUT2D eigenvalue weighted by atomic mass is 10.2. The molecule has 3 rings (SSSR count). The first kappa shape index (κ1) is 17.9. The maximum Gasteiger partial charge on any atom is 0.281 e. The van der Waals surface area contributed by atoms with Crippen LogP contribution in [0.1, 0.15) is 0 Å². The maximum absolute atomic E-state index is 12.5. The number of nitro benzene ring substituents is 1. The maximum atomic E-state index is 12.5. The molecule has 1 amide bonds. The predicted octanol–water partition coefficient (Wildman–Crippen LogP) is 0.963. The minimum atomic E-state index is -0.388. The highest BCUT2D eigenvalue weighted by Crippen LogP contribution is 2.19.